The molecule has 1 saturated carbocycles. The van der Waals surface area contributed by atoms with Crippen LogP contribution < -0.4 is 20.5 Å². The summed E-state index contributed by atoms with van der Waals surface area (Å²) in [7, 11) is 1.42. The van der Waals surface area contributed by atoms with Crippen LogP contribution in [0.25, 0.3) is 0 Å². The largest absolute Gasteiger partial charge is 0.493 e. The van der Waals surface area contributed by atoms with Crippen molar-refractivity contribution in [2.24, 2.45) is 5.73 Å². The molecule has 1 aromatic rings. The molecule has 0 atom stereocenters. The zero-order valence-electron chi connectivity index (χ0n) is 11.6. The lowest BCUT2D eigenvalue weighted by Gasteiger charge is -2.12. The second-order valence-corrected chi connectivity index (χ2v) is 4.72. The van der Waals surface area contributed by atoms with Crippen molar-refractivity contribution in [3.63, 3.8) is 0 Å². The van der Waals surface area contributed by atoms with E-state index in [1.165, 1.54) is 19.2 Å². The zero-order chi connectivity index (χ0) is 15.4. The van der Waals surface area contributed by atoms with Gasteiger partial charge in [0.25, 0.3) is 11.6 Å². The lowest BCUT2D eigenvalue weighted by molar-refractivity contribution is -0.385. The van der Waals surface area contributed by atoms with Crippen LogP contribution in [0.1, 0.15) is 18.4 Å². The number of nitrogens with zero attached hydrogens (tertiary/aromatic N) is 1. The third-order valence-electron chi connectivity index (χ3n) is 3.08. The molecule has 1 aliphatic rings. The van der Waals surface area contributed by atoms with E-state index >= 15 is 0 Å². The quantitative estimate of drug-likeness (QED) is 0.565. The van der Waals surface area contributed by atoms with Crippen LogP contribution in [0.4, 0.5) is 5.69 Å². The Labute approximate surface area is 121 Å². The SMILES string of the molecule is COc1cc(CN)c([N+](=O)[O-])cc1OCC(=O)NC1CC1. The average molecular weight is 295 g/mol. The number of rotatable bonds is 7. The first-order valence-electron chi connectivity index (χ1n) is 6.52. The van der Waals surface area contributed by atoms with Crippen molar-refractivity contribution in [3.05, 3.63) is 27.8 Å². The highest BCUT2D eigenvalue weighted by atomic mass is 16.6. The van der Waals surface area contributed by atoms with Crippen LogP contribution in [0.2, 0.25) is 0 Å². The number of carbonyl (C=O) groups is 1. The molecule has 3 N–H and O–H groups in total. The molecule has 0 unspecified atom stereocenters. The lowest BCUT2D eigenvalue weighted by Crippen LogP contribution is -2.30. The summed E-state index contributed by atoms with van der Waals surface area (Å²) >= 11 is 0. The highest BCUT2D eigenvalue weighted by Gasteiger charge is 2.24. The molecule has 1 aliphatic carbocycles. The number of amides is 1. The smallest absolute Gasteiger partial charge is 0.277 e. The van der Waals surface area contributed by atoms with Crippen molar-refractivity contribution in [1.82, 2.24) is 5.32 Å². The van der Waals surface area contributed by atoms with Gasteiger partial charge in [-0.05, 0) is 18.9 Å². The first kappa shape index (κ1) is 15.0. The van der Waals surface area contributed by atoms with Gasteiger partial charge in [0, 0.05) is 18.2 Å². The second-order valence-electron chi connectivity index (χ2n) is 4.72. The highest BCUT2D eigenvalue weighted by Crippen LogP contribution is 2.34. The van der Waals surface area contributed by atoms with Crippen LogP contribution in [-0.2, 0) is 11.3 Å². The first-order valence-corrected chi connectivity index (χ1v) is 6.52. The van der Waals surface area contributed by atoms with Crippen molar-refractivity contribution in [2.45, 2.75) is 25.4 Å². The number of hydrogen-bond acceptors (Lipinski definition) is 6. The number of ether oxygens (including phenoxy) is 2. The van der Waals surface area contributed by atoms with Crippen LogP contribution in [0.3, 0.4) is 0 Å². The molecule has 2 rings (SSSR count). The van der Waals surface area contributed by atoms with E-state index in [1.54, 1.807) is 0 Å². The van der Waals surface area contributed by atoms with Crippen LogP contribution >= 0.6 is 0 Å². The number of nitro groups is 1. The number of nitrogens with one attached hydrogen (secondary N) is 1. The maximum Gasteiger partial charge on any atom is 0.277 e. The molecule has 1 amide bonds. The van der Waals surface area contributed by atoms with Crippen LogP contribution in [0.15, 0.2) is 12.1 Å². The average Bonchev–Trinajstić information content (AvgIpc) is 3.27. The Balaban J connectivity index is 2.13. The Kier molecular flexibility index (Phi) is 4.59. The van der Waals surface area contributed by atoms with Gasteiger partial charge in [0.05, 0.1) is 18.1 Å². The highest BCUT2D eigenvalue weighted by molar-refractivity contribution is 5.78. The summed E-state index contributed by atoms with van der Waals surface area (Å²) in [6.45, 7) is -0.207. The number of nitrogens with two attached hydrogens (primary N) is 1. The number of carbonyl (C=O) groups excluding carboxylic acids is 1. The van der Waals surface area contributed by atoms with E-state index in [9.17, 15) is 14.9 Å². The summed E-state index contributed by atoms with van der Waals surface area (Å²) in [5, 5.41) is 13.8. The minimum absolute atomic E-state index is 0.00905. The summed E-state index contributed by atoms with van der Waals surface area (Å²) in [4.78, 5) is 22.0. The van der Waals surface area contributed by atoms with Gasteiger partial charge in [-0.2, -0.15) is 0 Å². The third-order valence-corrected chi connectivity index (χ3v) is 3.08. The maximum atomic E-state index is 11.6. The van der Waals surface area contributed by atoms with Crippen molar-refractivity contribution in [3.8, 4) is 11.5 Å². The van der Waals surface area contributed by atoms with Gasteiger partial charge in [0.15, 0.2) is 18.1 Å². The van der Waals surface area contributed by atoms with E-state index in [0.29, 0.717) is 11.3 Å². The predicted octanol–water partition coefficient (Wildman–Crippen LogP) is 0.719. The van der Waals surface area contributed by atoms with Gasteiger partial charge in [0.2, 0.25) is 0 Å². The maximum absolute atomic E-state index is 11.6. The predicted molar refractivity (Wildman–Crippen MR) is 74.2 cm³/mol. The standard InChI is InChI=1S/C13H17N3O5/c1-20-11-4-8(6-14)10(16(18)19)5-12(11)21-7-13(17)15-9-2-3-9/h4-5,9H,2-3,6-7,14H2,1H3,(H,15,17). The van der Waals surface area contributed by atoms with Gasteiger partial charge in [-0.15, -0.1) is 0 Å². The molecule has 8 heteroatoms. The Bertz CT molecular complexity index is 557. The normalized spacial score (nSPS) is 13.6. The minimum atomic E-state index is -0.543. The summed E-state index contributed by atoms with van der Waals surface area (Å²) < 4.78 is 10.4. The van der Waals surface area contributed by atoms with Gasteiger partial charge in [-0.3, -0.25) is 14.9 Å². The zero-order valence-corrected chi connectivity index (χ0v) is 11.6. The van der Waals surface area contributed by atoms with E-state index in [1.807, 2.05) is 0 Å². The monoisotopic (exact) mass is 295 g/mol. The Hall–Kier alpha value is -2.35. The molecular weight excluding hydrogens is 278 g/mol. The lowest BCUT2D eigenvalue weighted by atomic mass is 10.1. The molecule has 114 valence electrons. The van der Waals surface area contributed by atoms with Gasteiger partial charge in [0.1, 0.15) is 0 Å². The van der Waals surface area contributed by atoms with Gasteiger partial charge >= 0.3 is 0 Å². The van der Waals surface area contributed by atoms with Crippen LogP contribution in [0.5, 0.6) is 11.5 Å². The van der Waals surface area contributed by atoms with Gasteiger partial charge in [-0.1, -0.05) is 0 Å². The fraction of sp³-hybridized carbons (Fsp3) is 0.462. The molecule has 0 aromatic heterocycles. The molecule has 0 radical (unpaired) electrons. The molecule has 0 bridgehead atoms. The molecule has 21 heavy (non-hydrogen) atoms. The summed E-state index contributed by atoms with van der Waals surface area (Å²) in [5.41, 5.74) is 5.66. The topological polar surface area (TPSA) is 117 Å². The number of methoxy groups -OCH3 is 1. The Morgan fingerprint density at radius 1 is 1.48 bits per heavy atom. The molecule has 1 fully saturated rings. The molecule has 1 aromatic carbocycles. The fourth-order valence-electron chi connectivity index (χ4n) is 1.84. The third kappa shape index (κ3) is 3.82. The number of nitro benzene ring substituents is 1. The molecule has 0 aliphatic heterocycles. The minimum Gasteiger partial charge on any atom is -0.493 e. The molecule has 0 heterocycles. The fourth-order valence-corrected chi connectivity index (χ4v) is 1.84. The van der Waals surface area contributed by atoms with Crippen molar-refractivity contribution in [1.29, 1.82) is 0 Å². The Morgan fingerprint density at radius 3 is 2.71 bits per heavy atom. The van der Waals surface area contributed by atoms with Gasteiger partial charge < -0.3 is 20.5 Å². The molecule has 0 spiro atoms. The molecule has 8 nitrogen and oxygen atoms in total. The number of hydrogen-bond donors (Lipinski definition) is 2. The molecular formula is C13H17N3O5. The van der Waals surface area contributed by atoms with E-state index in [0.717, 1.165) is 12.8 Å². The van der Waals surface area contributed by atoms with Crippen molar-refractivity contribution in [2.75, 3.05) is 13.7 Å². The van der Waals surface area contributed by atoms with E-state index < -0.39 is 4.92 Å². The van der Waals surface area contributed by atoms with E-state index in [4.69, 9.17) is 15.2 Å². The summed E-state index contributed by atoms with van der Waals surface area (Å²) in [6.07, 6.45) is 1.96. The number of benzene rings is 1. The second kappa shape index (κ2) is 6.40. The summed E-state index contributed by atoms with van der Waals surface area (Å²) in [5.74, 6) is 0.192. The van der Waals surface area contributed by atoms with Crippen molar-refractivity contribution >= 4 is 11.6 Å². The molecule has 0 saturated heterocycles. The van der Waals surface area contributed by atoms with Crippen LogP contribution in [-0.4, -0.2) is 30.6 Å². The van der Waals surface area contributed by atoms with E-state index in [-0.39, 0.29) is 36.5 Å². The van der Waals surface area contributed by atoms with Gasteiger partial charge in [-0.25, -0.2) is 0 Å². The van der Waals surface area contributed by atoms with Crippen molar-refractivity contribution < 1.29 is 19.2 Å². The Morgan fingerprint density at radius 2 is 2.19 bits per heavy atom. The van der Waals surface area contributed by atoms with Crippen LogP contribution in [0, 0.1) is 10.1 Å². The summed E-state index contributed by atoms with van der Waals surface area (Å²) in [6, 6.07) is 2.91. The first-order chi connectivity index (χ1) is 10.0. The van der Waals surface area contributed by atoms with E-state index in [2.05, 4.69) is 5.32 Å².